The standard InChI is InChI=1S/C16H12ClNO4/c17-13-3-1-2-10-7-18(8-12(10)13)15(20)9-4-5-14(19)11(6-9)16(21)22/h1-6,19H,7-8H2,(H,21,22). The molecule has 0 spiro atoms. The zero-order valence-electron chi connectivity index (χ0n) is 11.4. The minimum absolute atomic E-state index is 0.221. The quantitative estimate of drug-likeness (QED) is 0.892. The van der Waals surface area contributed by atoms with Crippen LogP contribution in [-0.2, 0) is 13.1 Å². The zero-order valence-corrected chi connectivity index (χ0v) is 12.2. The predicted molar refractivity (Wildman–Crippen MR) is 80.1 cm³/mol. The van der Waals surface area contributed by atoms with Crippen LogP contribution in [0.2, 0.25) is 5.02 Å². The van der Waals surface area contributed by atoms with E-state index in [4.69, 9.17) is 16.7 Å². The van der Waals surface area contributed by atoms with Crippen molar-refractivity contribution in [1.29, 1.82) is 0 Å². The SMILES string of the molecule is O=C(O)c1cc(C(=O)N2Cc3cccc(Cl)c3C2)ccc1O. The number of carboxylic acid groups (broad SMARTS) is 1. The van der Waals surface area contributed by atoms with E-state index in [1.807, 2.05) is 12.1 Å². The molecule has 0 fully saturated rings. The van der Waals surface area contributed by atoms with Gasteiger partial charge in [0.1, 0.15) is 11.3 Å². The smallest absolute Gasteiger partial charge is 0.339 e. The number of hydrogen-bond donors (Lipinski definition) is 2. The summed E-state index contributed by atoms with van der Waals surface area (Å²) in [6.45, 7) is 0.815. The van der Waals surface area contributed by atoms with Crippen LogP contribution < -0.4 is 0 Å². The van der Waals surface area contributed by atoms with Crippen LogP contribution in [-0.4, -0.2) is 27.0 Å². The Morgan fingerprint density at radius 2 is 1.91 bits per heavy atom. The first-order valence-corrected chi connectivity index (χ1v) is 6.97. The third-order valence-electron chi connectivity index (χ3n) is 3.69. The van der Waals surface area contributed by atoms with Gasteiger partial charge >= 0.3 is 5.97 Å². The lowest BCUT2D eigenvalue weighted by molar-refractivity contribution is 0.0693. The Morgan fingerprint density at radius 3 is 2.59 bits per heavy atom. The first-order chi connectivity index (χ1) is 10.5. The van der Waals surface area contributed by atoms with Crippen molar-refractivity contribution < 1.29 is 19.8 Å². The summed E-state index contributed by atoms with van der Waals surface area (Å²) in [6.07, 6.45) is 0. The molecule has 6 heteroatoms. The molecule has 112 valence electrons. The van der Waals surface area contributed by atoms with Gasteiger partial charge < -0.3 is 15.1 Å². The van der Waals surface area contributed by atoms with Crippen molar-refractivity contribution in [2.75, 3.05) is 0 Å². The van der Waals surface area contributed by atoms with Crippen LogP contribution in [0.25, 0.3) is 0 Å². The second-order valence-corrected chi connectivity index (χ2v) is 5.48. The molecule has 0 saturated heterocycles. The summed E-state index contributed by atoms with van der Waals surface area (Å²) in [6, 6.07) is 9.33. The van der Waals surface area contributed by atoms with Crippen molar-refractivity contribution in [3.05, 3.63) is 63.7 Å². The molecule has 1 aliphatic rings. The summed E-state index contributed by atoms with van der Waals surface area (Å²) >= 11 is 6.12. The number of hydrogen-bond acceptors (Lipinski definition) is 3. The Bertz CT molecular complexity index is 788. The fourth-order valence-corrected chi connectivity index (χ4v) is 2.80. The highest BCUT2D eigenvalue weighted by atomic mass is 35.5. The second kappa shape index (κ2) is 5.35. The minimum atomic E-state index is -1.28. The van der Waals surface area contributed by atoms with Gasteiger partial charge in [-0.05, 0) is 35.4 Å². The molecule has 0 aromatic heterocycles. The number of carboxylic acids is 1. The number of rotatable bonds is 2. The molecule has 2 N–H and O–H groups in total. The van der Waals surface area contributed by atoms with Gasteiger partial charge in [-0.15, -0.1) is 0 Å². The number of carbonyl (C=O) groups is 2. The number of fused-ring (bicyclic) bond motifs is 1. The molecule has 0 saturated carbocycles. The van der Waals surface area contributed by atoms with Crippen molar-refractivity contribution in [1.82, 2.24) is 4.90 Å². The lowest BCUT2D eigenvalue weighted by Gasteiger charge is -2.16. The number of aromatic hydroxyl groups is 1. The van der Waals surface area contributed by atoms with E-state index in [-0.39, 0.29) is 22.8 Å². The van der Waals surface area contributed by atoms with Crippen LogP contribution >= 0.6 is 11.6 Å². The number of amides is 1. The van der Waals surface area contributed by atoms with E-state index >= 15 is 0 Å². The van der Waals surface area contributed by atoms with E-state index in [0.717, 1.165) is 11.1 Å². The van der Waals surface area contributed by atoms with E-state index in [0.29, 0.717) is 18.1 Å². The molecule has 1 aliphatic heterocycles. The van der Waals surface area contributed by atoms with E-state index in [2.05, 4.69) is 0 Å². The van der Waals surface area contributed by atoms with E-state index in [1.54, 1.807) is 11.0 Å². The Labute approximate surface area is 131 Å². The third kappa shape index (κ3) is 2.40. The van der Waals surface area contributed by atoms with Crippen molar-refractivity contribution in [2.45, 2.75) is 13.1 Å². The van der Waals surface area contributed by atoms with Crippen LogP contribution in [0.4, 0.5) is 0 Å². The lowest BCUT2D eigenvalue weighted by Crippen LogP contribution is -2.25. The predicted octanol–water partition coefficient (Wildman–Crippen LogP) is 2.90. The number of carbonyl (C=O) groups excluding carboxylic acids is 1. The summed E-state index contributed by atoms with van der Waals surface area (Å²) in [7, 11) is 0. The highest BCUT2D eigenvalue weighted by Crippen LogP contribution is 2.30. The monoisotopic (exact) mass is 317 g/mol. The van der Waals surface area contributed by atoms with Gasteiger partial charge in [-0.25, -0.2) is 4.79 Å². The summed E-state index contributed by atoms with van der Waals surface area (Å²) in [5.74, 6) is -1.94. The van der Waals surface area contributed by atoms with Crippen LogP contribution in [0.1, 0.15) is 31.8 Å². The van der Waals surface area contributed by atoms with Crippen molar-refractivity contribution in [3.8, 4) is 5.75 Å². The molecule has 5 nitrogen and oxygen atoms in total. The normalized spacial score (nSPS) is 13.0. The lowest BCUT2D eigenvalue weighted by atomic mass is 10.1. The van der Waals surface area contributed by atoms with Gasteiger partial charge in [0, 0.05) is 23.7 Å². The van der Waals surface area contributed by atoms with E-state index in [1.165, 1.54) is 18.2 Å². The maximum Gasteiger partial charge on any atom is 0.339 e. The molecule has 0 bridgehead atoms. The van der Waals surface area contributed by atoms with Crippen LogP contribution in [0.5, 0.6) is 5.75 Å². The molecule has 2 aromatic carbocycles. The molecule has 0 unspecified atom stereocenters. The first-order valence-electron chi connectivity index (χ1n) is 6.59. The number of aromatic carboxylic acids is 1. The fourth-order valence-electron chi connectivity index (χ4n) is 2.55. The fraction of sp³-hybridized carbons (Fsp3) is 0.125. The van der Waals surface area contributed by atoms with Gasteiger partial charge in [-0.2, -0.15) is 0 Å². The Morgan fingerprint density at radius 1 is 1.14 bits per heavy atom. The number of halogens is 1. The maximum absolute atomic E-state index is 12.5. The molecule has 0 radical (unpaired) electrons. The Balaban J connectivity index is 1.89. The average molecular weight is 318 g/mol. The minimum Gasteiger partial charge on any atom is -0.507 e. The van der Waals surface area contributed by atoms with Crippen LogP contribution in [0, 0.1) is 0 Å². The number of nitrogens with zero attached hydrogens (tertiary/aromatic N) is 1. The van der Waals surface area contributed by atoms with Gasteiger partial charge in [0.05, 0.1) is 0 Å². The molecule has 1 amide bonds. The van der Waals surface area contributed by atoms with Crippen molar-refractivity contribution >= 4 is 23.5 Å². The van der Waals surface area contributed by atoms with Crippen LogP contribution in [0.15, 0.2) is 36.4 Å². The number of benzene rings is 2. The molecule has 0 aliphatic carbocycles. The topological polar surface area (TPSA) is 77.8 Å². The molecular formula is C16H12ClNO4. The first kappa shape index (κ1) is 14.4. The summed E-state index contributed by atoms with van der Waals surface area (Å²) in [4.78, 5) is 25.2. The van der Waals surface area contributed by atoms with E-state index < -0.39 is 5.97 Å². The van der Waals surface area contributed by atoms with Gasteiger partial charge in [-0.1, -0.05) is 23.7 Å². The highest BCUT2D eigenvalue weighted by Gasteiger charge is 2.26. The van der Waals surface area contributed by atoms with Gasteiger partial charge in [-0.3, -0.25) is 4.79 Å². The summed E-state index contributed by atoms with van der Waals surface area (Å²) in [5.41, 5.74) is 1.83. The third-order valence-corrected chi connectivity index (χ3v) is 4.04. The van der Waals surface area contributed by atoms with Crippen molar-refractivity contribution in [2.24, 2.45) is 0 Å². The van der Waals surface area contributed by atoms with Crippen LogP contribution in [0.3, 0.4) is 0 Å². The summed E-state index contributed by atoms with van der Waals surface area (Å²) in [5, 5.41) is 19.1. The molecule has 22 heavy (non-hydrogen) atoms. The average Bonchev–Trinajstić information content (AvgIpc) is 2.92. The molecule has 3 rings (SSSR count). The largest absolute Gasteiger partial charge is 0.507 e. The number of phenols is 1. The Hall–Kier alpha value is -2.53. The van der Waals surface area contributed by atoms with Gasteiger partial charge in [0.15, 0.2) is 0 Å². The van der Waals surface area contributed by atoms with Gasteiger partial charge in [0.25, 0.3) is 5.91 Å². The molecule has 1 heterocycles. The molecule has 0 atom stereocenters. The van der Waals surface area contributed by atoms with E-state index in [9.17, 15) is 14.7 Å². The maximum atomic E-state index is 12.5. The van der Waals surface area contributed by atoms with Gasteiger partial charge in [0.2, 0.25) is 0 Å². The highest BCUT2D eigenvalue weighted by molar-refractivity contribution is 6.31. The molecular weight excluding hydrogens is 306 g/mol. The zero-order chi connectivity index (χ0) is 15.9. The van der Waals surface area contributed by atoms with Crippen molar-refractivity contribution in [3.63, 3.8) is 0 Å². The molecule has 2 aromatic rings. The Kier molecular flexibility index (Phi) is 3.50. The summed E-state index contributed by atoms with van der Waals surface area (Å²) < 4.78 is 0. The second-order valence-electron chi connectivity index (χ2n) is 5.08.